The topological polar surface area (TPSA) is 54.4 Å². The number of nitrogens with one attached hydrogen (secondary N) is 1. The summed E-state index contributed by atoms with van der Waals surface area (Å²) in [6.45, 7) is 4.03. The molecule has 0 aliphatic heterocycles. The van der Waals surface area contributed by atoms with Gasteiger partial charge in [-0.15, -0.1) is 0 Å². The highest BCUT2D eigenvalue weighted by Crippen LogP contribution is 2.32. The summed E-state index contributed by atoms with van der Waals surface area (Å²) in [5.41, 5.74) is 3.80. The molecular formula is C19H20N2O2. The van der Waals surface area contributed by atoms with Crippen molar-refractivity contribution < 1.29 is 9.84 Å². The molecule has 0 radical (unpaired) electrons. The lowest BCUT2D eigenvalue weighted by Crippen LogP contribution is -2.07. The van der Waals surface area contributed by atoms with Gasteiger partial charge in [-0.3, -0.25) is 0 Å². The van der Waals surface area contributed by atoms with E-state index in [0.29, 0.717) is 0 Å². The SMILES string of the molecule is COc1cccc2c(NC(C)c3cccc(O)c3)cc(C)nc12. The molecule has 1 atom stereocenters. The number of anilines is 1. The van der Waals surface area contributed by atoms with E-state index >= 15 is 0 Å². The van der Waals surface area contributed by atoms with E-state index in [1.807, 2.05) is 43.3 Å². The zero-order chi connectivity index (χ0) is 16.4. The molecule has 0 aliphatic carbocycles. The smallest absolute Gasteiger partial charge is 0.145 e. The second-order valence-electron chi connectivity index (χ2n) is 5.63. The fourth-order valence-corrected chi connectivity index (χ4v) is 2.75. The van der Waals surface area contributed by atoms with Gasteiger partial charge in [-0.1, -0.05) is 24.3 Å². The van der Waals surface area contributed by atoms with Crippen LogP contribution in [0.25, 0.3) is 10.9 Å². The first kappa shape index (κ1) is 15.2. The van der Waals surface area contributed by atoms with Crippen LogP contribution < -0.4 is 10.1 Å². The number of fused-ring (bicyclic) bond motifs is 1. The number of pyridine rings is 1. The van der Waals surface area contributed by atoms with E-state index in [-0.39, 0.29) is 11.8 Å². The fraction of sp³-hybridized carbons (Fsp3) is 0.211. The summed E-state index contributed by atoms with van der Waals surface area (Å²) in [5, 5.41) is 14.2. The van der Waals surface area contributed by atoms with Crippen LogP contribution >= 0.6 is 0 Å². The molecule has 118 valence electrons. The van der Waals surface area contributed by atoms with Crippen molar-refractivity contribution in [3.63, 3.8) is 0 Å². The van der Waals surface area contributed by atoms with Crippen LogP contribution in [0.5, 0.6) is 11.5 Å². The number of aromatic nitrogens is 1. The molecule has 23 heavy (non-hydrogen) atoms. The molecule has 0 aliphatic rings. The van der Waals surface area contributed by atoms with Gasteiger partial charge in [0, 0.05) is 22.8 Å². The van der Waals surface area contributed by atoms with Crippen LogP contribution in [0.2, 0.25) is 0 Å². The third kappa shape index (κ3) is 3.06. The summed E-state index contributed by atoms with van der Waals surface area (Å²) >= 11 is 0. The Labute approximate surface area is 135 Å². The predicted molar refractivity (Wildman–Crippen MR) is 93.2 cm³/mol. The molecule has 0 fully saturated rings. The molecule has 0 amide bonds. The molecule has 1 unspecified atom stereocenters. The molecule has 2 aromatic carbocycles. The van der Waals surface area contributed by atoms with E-state index in [4.69, 9.17) is 4.74 Å². The van der Waals surface area contributed by atoms with Gasteiger partial charge in [0.2, 0.25) is 0 Å². The lowest BCUT2D eigenvalue weighted by Gasteiger charge is -2.18. The van der Waals surface area contributed by atoms with Crippen molar-refractivity contribution in [2.75, 3.05) is 12.4 Å². The summed E-state index contributed by atoms with van der Waals surface area (Å²) in [5.74, 6) is 1.04. The molecule has 1 heterocycles. The van der Waals surface area contributed by atoms with Gasteiger partial charge in [0.15, 0.2) is 0 Å². The van der Waals surface area contributed by atoms with Crippen molar-refractivity contribution in [2.24, 2.45) is 0 Å². The summed E-state index contributed by atoms with van der Waals surface area (Å²) in [7, 11) is 1.65. The number of hydrogen-bond donors (Lipinski definition) is 2. The fourth-order valence-electron chi connectivity index (χ4n) is 2.75. The van der Waals surface area contributed by atoms with Crippen molar-refractivity contribution in [1.29, 1.82) is 0 Å². The number of rotatable bonds is 4. The lowest BCUT2D eigenvalue weighted by molar-refractivity contribution is 0.419. The number of aryl methyl sites for hydroxylation is 1. The molecule has 4 heteroatoms. The highest BCUT2D eigenvalue weighted by Gasteiger charge is 2.12. The maximum absolute atomic E-state index is 9.66. The Bertz CT molecular complexity index is 846. The summed E-state index contributed by atoms with van der Waals surface area (Å²) in [6.07, 6.45) is 0. The van der Waals surface area contributed by atoms with Crippen molar-refractivity contribution in [2.45, 2.75) is 19.9 Å². The van der Waals surface area contributed by atoms with Crippen LogP contribution in [0.3, 0.4) is 0 Å². The van der Waals surface area contributed by atoms with Crippen LogP contribution in [0.4, 0.5) is 5.69 Å². The van der Waals surface area contributed by atoms with E-state index in [0.717, 1.165) is 33.6 Å². The molecular weight excluding hydrogens is 288 g/mol. The molecule has 1 aromatic heterocycles. The highest BCUT2D eigenvalue weighted by atomic mass is 16.5. The normalized spacial score (nSPS) is 12.1. The van der Waals surface area contributed by atoms with Gasteiger partial charge in [0.1, 0.15) is 17.0 Å². The Morgan fingerprint density at radius 2 is 1.91 bits per heavy atom. The zero-order valence-electron chi connectivity index (χ0n) is 13.5. The van der Waals surface area contributed by atoms with Crippen LogP contribution in [-0.2, 0) is 0 Å². The van der Waals surface area contributed by atoms with Gasteiger partial charge in [-0.25, -0.2) is 4.98 Å². The first-order valence-electron chi connectivity index (χ1n) is 7.58. The quantitative estimate of drug-likeness (QED) is 0.748. The van der Waals surface area contributed by atoms with Crippen molar-refractivity contribution in [3.05, 3.63) is 59.8 Å². The second kappa shape index (κ2) is 6.16. The first-order chi connectivity index (χ1) is 11.1. The standard InChI is InChI=1S/C19H20N2O2/c1-12-10-17(16-8-5-9-18(23-3)19(16)20-12)21-13(2)14-6-4-7-15(22)11-14/h4-11,13,22H,1-3H3,(H,20,21). The van der Waals surface area contributed by atoms with Crippen LogP contribution in [0, 0.1) is 6.92 Å². The number of para-hydroxylation sites is 1. The third-order valence-corrected chi connectivity index (χ3v) is 3.89. The van der Waals surface area contributed by atoms with Crippen molar-refractivity contribution >= 4 is 16.6 Å². The van der Waals surface area contributed by atoms with Crippen molar-refractivity contribution in [1.82, 2.24) is 4.98 Å². The maximum atomic E-state index is 9.66. The Balaban J connectivity index is 2.03. The Kier molecular flexibility index (Phi) is 4.06. The number of methoxy groups -OCH3 is 1. The van der Waals surface area contributed by atoms with E-state index in [1.54, 1.807) is 19.2 Å². The number of benzene rings is 2. The van der Waals surface area contributed by atoms with Gasteiger partial charge in [-0.2, -0.15) is 0 Å². The van der Waals surface area contributed by atoms with Gasteiger partial charge in [0.25, 0.3) is 0 Å². The molecule has 3 aromatic rings. The molecule has 2 N–H and O–H groups in total. The van der Waals surface area contributed by atoms with Crippen LogP contribution in [0.1, 0.15) is 24.2 Å². The van der Waals surface area contributed by atoms with E-state index in [2.05, 4.69) is 17.2 Å². The predicted octanol–water partition coefficient (Wildman–Crippen LogP) is 4.43. The van der Waals surface area contributed by atoms with Gasteiger partial charge in [-0.05, 0) is 43.7 Å². The van der Waals surface area contributed by atoms with Gasteiger partial charge >= 0.3 is 0 Å². The third-order valence-electron chi connectivity index (χ3n) is 3.89. The highest BCUT2D eigenvalue weighted by molar-refractivity contribution is 5.95. The number of ether oxygens (including phenoxy) is 1. The minimum Gasteiger partial charge on any atom is -0.508 e. The number of aromatic hydroxyl groups is 1. The monoisotopic (exact) mass is 308 g/mol. The van der Waals surface area contributed by atoms with E-state index < -0.39 is 0 Å². The number of phenolic OH excluding ortho intramolecular Hbond substituents is 1. The summed E-state index contributed by atoms with van der Waals surface area (Å²) in [6, 6.07) is 15.3. The van der Waals surface area contributed by atoms with Gasteiger partial charge < -0.3 is 15.2 Å². The van der Waals surface area contributed by atoms with Crippen LogP contribution in [-0.4, -0.2) is 17.2 Å². The Hall–Kier alpha value is -2.75. The molecule has 0 saturated heterocycles. The Morgan fingerprint density at radius 3 is 2.65 bits per heavy atom. The van der Waals surface area contributed by atoms with Gasteiger partial charge in [0.05, 0.1) is 7.11 Å². The number of nitrogens with zero attached hydrogens (tertiary/aromatic N) is 1. The zero-order valence-corrected chi connectivity index (χ0v) is 13.5. The molecule has 0 bridgehead atoms. The Morgan fingerprint density at radius 1 is 1.13 bits per heavy atom. The molecule has 3 rings (SSSR count). The molecule has 4 nitrogen and oxygen atoms in total. The molecule has 0 saturated carbocycles. The van der Waals surface area contributed by atoms with Crippen molar-refractivity contribution in [3.8, 4) is 11.5 Å². The first-order valence-corrected chi connectivity index (χ1v) is 7.58. The van der Waals surface area contributed by atoms with Crippen LogP contribution in [0.15, 0.2) is 48.5 Å². The second-order valence-corrected chi connectivity index (χ2v) is 5.63. The maximum Gasteiger partial charge on any atom is 0.145 e. The average molecular weight is 308 g/mol. The lowest BCUT2D eigenvalue weighted by atomic mass is 10.1. The number of phenols is 1. The largest absolute Gasteiger partial charge is 0.508 e. The number of hydrogen-bond acceptors (Lipinski definition) is 4. The minimum absolute atomic E-state index is 0.0540. The average Bonchev–Trinajstić information content (AvgIpc) is 2.54. The summed E-state index contributed by atoms with van der Waals surface area (Å²) < 4.78 is 5.42. The van der Waals surface area contributed by atoms with E-state index in [1.165, 1.54) is 0 Å². The molecule has 0 spiro atoms. The van der Waals surface area contributed by atoms with E-state index in [9.17, 15) is 5.11 Å². The minimum atomic E-state index is 0.0540. The summed E-state index contributed by atoms with van der Waals surface area (Å²) in [4.78, 5) is 4.60.